The lowest BCUT2D eigenvalue weighted by Gasteiger charge is -2.15. The number of alkyl halides is 3. The zero-order valence-corrected chi connectivity index (χ0v) is 12.2. The fourth-order valence-corrected chi connectivity index (χ4v) is 1.63. The van der Waals surface area contributed by atoms with Crippen molar-refractivity contribution in [2.75, 3.05) is 0 Å². The molecule has 1 aromatic carbocycles. The zero-order valence-electron chi connectivity index (χ0n) is 12.2. The van der Waals surface area contributed by atoms with Crippen LogP contribution < -0.4 is 9.47 Å². The van der Waals surface area contributed by atoms with Gasteiger partial charge >= 0.3 is 12.1 Å². The van der Waals surface area contributed by atoms with Crippen LogP contribution in [0, 0.1) is 5.82 Å². The molecule has 0 saturated carbocycles. The predicted molar refractivity (Wildman–Crippen MR) is 73.4 cm³/mol. The number of nitrogens with zero attached hydrogens (tertiary/aromatic N) is 1. The van der Waals surface area contributed by atoms with Crippen molar-refractivity contribution in [1.29, 1.82) is 0 Å². The van der Waals surface area contributed by atoms with Crippen LogP contribution in [-0.2, 0) is 11.0 Å². The van der Waals surface area contributed by atoms with Gasteiger partial charge in [0.25, 0.3) is 5.88 Å². The first-order valence-electron chi connectivity index (χ1n) is 6.57. The number of rotatable bonds is 5. The molecule has 9 heteroatoms. The highest BCUT2D eigenvalue weighted by Crippen LogP contribution is 2.34. The Morgan fingerprint density at radius 3 is 2.42 bits per heavy atom. The molecule has 0 fully saturated rings. The predicted octanol–water partition coefficient (Wildman–Crippen LogP) is 3.88. The number of hydrogen-bond donors (Lipinski definition) is 1. The van der Waals surface area contributed by atoms with Crippen LogP contribution in [0.3, 0.4) is 0 Å². The van der Waals surface area contributed by atoms with Gasteiger partial charge in [0, 0.05) is 6.20 Å². The van der Waals surface area contributed by atoms with Crippen LogP contribution in [0.2, 0.25) is 0 Å². The summed E-state index contributed by atoms with van der Waals surface area (Å²) in [5.74, 6) is -3.35. The van der Waals surface area contributed by atoms with E-state index in [-0.39, 0.29) is 17.6 Å². The molecule has 2 rings (SSSR count). The lowest BCUT2D eigenvalue weighted by atomic mass is 10.2. The van der Waals surface area contributed by atoms with Crippen LogP contribution >= 0.6 is 0 Å². The summed E-state index contributed by atoms with van der Waals surface area (Å²) in [4.78, 5) is 14.1. The van der Waals surface area contributed by atoms with E-state index in [1.54, 1.807) is 0 Å². The molecular weight excluding hydrogens is 334 g/mol. The summed E-state index contributed by atoms with van der Waals surface area (Å²) in [6.45, 7) is 1.27. The smallest absolute Gasteiger partial charge is 0.417 e. The first-order valence-corrected chi connectivity index (χ1v) is 6.57. The van der Waals surface area contributed by atoms with Gasteiger partial charge in [-0.2, -0.15) is 13.2 Å². The van der Waals surface area contributed by atoms with Crippen molar-refractivity contribution in [2.24, 2.45) is 0 Å². The highest BCUT2D eigenvalue weighted by molar-refractivity contribution is 5.72. The van der Waals surface area contributed by atoms with E-state index in [0.717, 1.165) is 0 Å². The third-order valence-corrected chi connectivity index (χ3v) is 2.84. The molecule has 5 nitrogen and oxygen atoms in total. The van der Waals surface area contributed by atoms with Crippen molar-refractivity contribution in [3.63, 3.8) is 0 Å². The van der Waals surface area contributed by atoms with E-state index < -0.39 is 35.5 Å². The molecule has 1 atom stereocenters. The van der Waals surface area contributed by atoms with Crippen LogP contribution in [0.15, 0.2) is 36.5 Å². The molecule has 0 aliphatic rings. The second-order valence-corrected chi connectivity index (χ2v) is 4.66. The maximum atomic E-state index is 13.8. The number of para-hydroxylation sites is 2. The Morgan fingerprint density at radius 1 is 1.25 bits per heavy atom. The van der Waals surface area contributed by atoms with Gasteiger partial charge < -0.3 is 14.6 Å². The minimum atomic E-state index is -4.73. The molecule has 2 aromatic rings. The largest absolute Gasteiger partial charge is 0.479 e. The first kappa shape index (κ1) is 17.5. The highest BCUT2D eigenvalue weighted by atomic mass is 19.4. The maximum Gasteiger partial charge on any atom is 0.417 e. The molecular formula is C15H11F4NO4. The normalized spacial score (nSPS) is 12.5. The van der Waals surface area contributed by atoms with Crippen molar-refractivity contribution >= 4 is 5.97 Å². The van der Waals surface area contributed by atoms with E-state index in [2.05, 4.69) is 4.98 Å². The minimum Gasteiger partial charge on any atom is -0.479 e. The van der Waals surface area contributed by atoms with E-state index in [0.29, 0.717) is 6.20 Å². The van der Waals surface area contributed by atoms with Crippen LogP contribution in [0.25, 0.3) is 0 Å². The van der Waals surface area contributed by atoms with Crippen molar-refractivity contribution in [3.05, 3.63) is 47.9 Å². The molecule has 0 aliphatic heterocycles. The van der Waals surface area contributed by atoms with Gasteiger partial charge in [0.05, 0.1) is 5.56 Å². The van der Waals surface area contributed by atoms with Crippen molar-refractivity contribution < 1.29 is 36.9 Å². The van der Waals surface area contributed by atoms with E-state index in [1.807, 2.05) is 0 Å². The van der Waals surface area contributed by atoms with E-state index in [1.165, 1.54) is 31.2 Å². The number of carboxylic acids is 1. The molecule has 0 saturated heterocycles. The van der Waals surface area contributed by atoms with Crippen molar-refractivity contribution in [1.82, 2.24) is 4.98 Å². The Balaban J connectivity index is 2.27. The summed E-state index contributed by atoms with van der Waals surface area (Å²) >= 11 is 0. The lowest BCUT2D eigenvalue weighted by Crippen LogP contribution is -2.23. The molecule has 1 N–H and O–H groups in total. The summed E-state index contributed by atoms with van der Waals surface area (Å²) < 4.78 is 61.5. The number of hydrogen-bond acceptors (Lipinski definition) is 4. The molecule has 0 aliphatic carbocycles. The van der Waals surface area contributed by atoms with Gasteiger partial charge in [-0.05, 0) is 25.1 Å². The molecule has 0 spiro atoms. The number of pyridine rings is 1. The summed E-state index contributed by atoms with van der Waals surface area (Å²) in [5.41, 5.74) is -1.25. The number of carboxylic acid groups (broad SMARTS) is 1. The highest BCUT2D eigenvalue weighted by Gasteiger charge is 2.32. The van der Waals surface area contributed by atoms with Gasteiger partial charge in [0.2, 0.25) is 0 Å². The Hall–Kier alpha value is -2.84. The molecule has 128 valence electrons. The van der Waals surface area contributed by atoms with Crippen molar-refractivity contribution in [3.8, 4) is 17.4 Å². The van der Waals surface area contributed by atoms with Gasteiger partial charge in [0.1, 0.15) is 0 Å². The van der Waals surface area contributed by atoms with Crippen molar-refractivity contribution in [2.45, 2.75) is 19.2 Å². The molecule has 0 radical (unpaired) electrons. The van der Waals surface area contributed by atoms with E-state index >= 15 is 0 Å². The number of aliphatic carboxylic acids is 1. The van der Waals surface area contributed by atoms with Crippen LogP contribution in [0.5, 0.6) is 17.4 Å². The van der Waals surface area contributed by atoms with E-state index in [4.69, 9.17) is 14.6 Å². The second kappa shape index (κ2) is 6.73. The lowest BCUT2D eigenvalue weighted by molar-refractivity contribution is -0.144. The average molecular weight is 345 g/mol. The molecule has 1 heterocycles. The van der Waals surface area contributed by atoms with Gasteiger partial charge in [0.15, 0.2) is 23.4 Å². The van der Waals surface area contributed by atoms with Gasteiger partial charge in [-0.3, -0.25) is 0 Å². The van der Waals surface area contributed by atoms with E-state index in [9.17, 15) is 22.4 Å². The first-order chi connectivity index (χ1) is 11.2. The summed E-state index contributed by atoms with van der Waals surface area (Å²) in [6.07, 6.45) is -5.51. The zero-order chi connectivity index (χ0) is 17.9. The Morgan fingerprint density at radius 2 is 1.88 bits per heavy atom. The van der Waals surface area contributed by atoms with Gasteiger partial charge in [-0.25, -0.2) is 14.2 Å². The number of aromatic nitrogens is 1. The summed E-state index contributed by atoms with van der Waals surface area (Å²) in [7, 11) is 0. The average Bonchev–Trinajstić information content (AvgIpc) is 2.49. The number of ether oxygens (including phenoxy) is 2. The summed E-state index contributed by atoms with van der Waals surface area (Å²) in [6, 6.07) is 5.98. The fourth-order valence-electron chi connectivity index (χ4n) is 1.63. The number of benzene rings is 1. The second-order valence-electron chi connectivity index (χ2n) is 4.66. The fraction of sp³-hybridized carbons (Fsp3) is 0.200. The van der Waals surface area contributed by atoms with Gasteiger partial charge in [-0.1, -0.05) is 12.1 Å². The monoisotopic (exact) mass is 345 g/mol. The molecule has 24 heavy (non-hydrogen) atoms. The summed E-state index contributed by atoms with van der Waals surface area (Å²) in [5, 5.41) is 8.83. The Labute approximate surface area is 133 Å². The standard InChI is InChI=1S/C15H11F4NO4/c1-8(14(21)22)23-11-4-2-3-5-12(11)24-13-10(16)6-9(7-20-13)15(17,18)19/h2-8H,1H3,(H,21,22). The number of halogens is 4. The SMILES string of the molecule is CC(Oc1ccccc1Oc1ncc(C(F)(F)F)cc1F)C(=O)O. The Kier molecular flexibility index (Phi) is 4.91. The van der Waals surface area contributed by atoms with Crippen LogP contribution in [-0.4, -0.2) is 22.2 Å². The van der Waals surface area contributed by atoms with Gasteiger partial charge in [-0.15, -0.1) is 0 Å². The molecule has 0 bridgehead atoms. The maximum absolute atomic E-state index is 13.8. The third-order valence-electron chi connectivity index (χ3n) is 2.84. The van der Waals surface area contributed by atoms with Crippen LogP contribution in [0.4, 0.5) is 17.6 Å². The quantitative estimate of drug-likeness (QED) is 0.833. The minimum absolute atomic E-state index is 0.0199. The number of carbonyl (C=O) groups is 1. The molecule has 0 amide bonds. The topological polar surface area (TPSA) is 68.7 Å². The third kappa shape index (κ3) is 4.12. The molecule has 1 unspecified atom stereocenters. The molecule has 1 aromatic heterocycles. The van der Waals surface area contributed by atoms with Crippen LogP contribution in [0.1, 0.15) is 12.5 Å². The Bertz CT molecular complexity index is 748.